The highest BCUT2D eigenvalue weighted by Crippen LogP contribution is 2.38. The van der Waals surface area contributed by atoms with Gasteiger partial charge >= 0.3 is 5.97 Å². The average Bonchev–Trinajstić information content (AvgIpc) is 3.32. The Morgan fingerprint density at radius 2 is 1.89 bits per heavy atom. The van der Waals surface area contributed by atoms with E-state index < -0.39 is 0 Å². The van der Waals surface area contributed by atoms with E-state index in [0.29, 0.717) is 39.7 Å². The number of aryl methyl sites for hydroxylation is 1. The summed E-state index contributed by atoms with van der Waals surface area (Å²) in [7, 11) is 5.01. The molecule has 0 saturated heterocycles. The molecule has 9 nitrogen and oxygen atoms in total. The van der Waals surface area contributed by atoms with E-state index >= 15 is 0 Å². The summed E-state index contributed by atoms with van der Waals surface area (Å²) in [5.41, 5.74) is 2.37. The van der Waals surface area contributed by atoms with Gasteiger partial charge in [-0.3, -0.25) is 4.79 Å². The van der Waals surface area contributed by atoms with Crippen LogP contribution < -0.4 is 14.8 Å². The second kappa shape index (κ2) is 11.8. The minimum absolute atomic E-state index is 0.128. The normalized spacial score (nSPS) is 13.0. The lowest BCUT2D eigenvalue weighted by atomic mass is 10.1. The molecule has 0 atom stereocenters. The van der Waals surface area contributed by atoms with E-state index in [0.717, 1.165) is 43.2 Å². The molecule has 192 valence electrons. The summed E-state index contributed by atoms with van der Waals surface area (Å²) in [5.74, 6) is 1.42. The van der Waals surface area contributed by atoms with Crippen LogP contribution in [0.5, 0.6) is 11.5 Å². The van der Waals surface area contributed by atoms with Gasteiger partial charge in [-0.2, -0.15) is 0 Å². The molecule has 3 aromatic rings. The molecule has 0 spiro atoms. The third-order valence-corrected chi connectivity index (χ3v) is 8.19. The number of aromatic nitrogens is 3. The highest BCUT2D eigenvalue weighted by atomic mass is 32.2. The van der Waals surface area contributed by atoms with Crippen LogP contribution in [0.15, 0.2) is 23.4 Å². The predicted molar refractivity (Wildman–Crippen MR) is 140 cm³/mol. The minimum atomic E-state index is -0.368. The van der Waals surface area contributed by atoms with Crippen molar-refractivity contribution in [2.75, 3.05) is 31.9 Å². The van der Waals surface area contributed by atoms with Crippen LogP contribution in [-0.4, -0.2) is 53.2 Å². The molecule has 0 fully saturated rings. The standard InChI is InChI=1S/C25H30N4O5S2/c1-5-34-24(31)21-16-9-7-6-8-10-19(16)36-23(21)26-20(30)14-35-25-28-27-22(29(25)2)15-11-12-17(32-3)18(13-15)33-4/h11-13H,5-10,14H2,1-4H3,(H,26,30). The number of methoxy groups -OCH3 is 2. The molecule has 11 heteroatoms. The Hall–Kier alpha value is -3.05. The molecular weight excluding hydrogens is 500 g/mol. The molecule has 1 aliphatic carbocycles. The zero-order chi connectivity index (χ0) is 25.7. The molecule has 0 aliphatic heterocycles. The van der Waals surface area contributed by atoms with Gasteiger partial charge in [0.15, 0.2) is 22.5 Å². The van der Waals surface area contributed by atoms with Gasteiger partial charge in [0, 0.05) is 17.5 Å². The molecular formula is C25H30N4O5S2. The maximum Gasteiger partial charge on any atom is 0.341 e. The zero-order valence-corrected chi connectivity index (χ0v) is 22.5. The van der Waals surface area contributed by atoms with E-state index in [1.807, 2.05) is 29.8 Å². The van der Waals surface area contributed by atoms with Gasteiger partial charge in [0.1, 0.15) is 5.00 Å². The Labute approximate surface area is 218 Å². The Morgan fingerprint density at radius 3 is 2.64 bits per heavy atom. The van der Waals surface area contributed by atoms with Crippen molar-refractivity contribution < 1.29 is 23.8 Å². The zero-order valence-electron chi connectivity index (χ0n) is 20.9. The van der Waals surface area contributed by atoms with Crippen molar-refractivity contribution in [3.63, 3.8) is 0 Å². The van der Waals surface area contributed by atoms with Crippen LogP contribution in [0, 0.1) is 0 Å². The van der Waals surface area contributed by atoms with Crippen molar-refractivity contribution in [1.82, 2.24) is 14.8 Å². The van der Waals surface area contributed by atoms with Gasteiger partial charge in [-0.1, -0.05) is 18.2 Å². The van der Waals surface area contributed by atoms with Gasteiger partial charge in [0.2, 0.25) is 5.91 Å². The smallest absolute Gasteiger partial charge is 0.341 e. The molecule has 4 rings (SSSR count). The van der Waals surface area contributed by atoms with Gasteiger partial charge < -0.3 is 24.1 Å². The second-order valence-corrected chi connectivity index (χ2v) is 10.3. The number of fused-ring (bicyclic) bond motifs is 1. The number of nitrogens with zero attached hydrogens (tertiary/aromatic N) is 3. The average molecular weight is 531 g/mol. The van der Waals surface area contributed by atoms with E-state index in [4.69, 9.17) is 14.2 Å². The van der Waals surface area contributed by atoms with E-state index in [2.05, 4.69) is 15.5 Å². The Morgan fingerprint density at radius 1 is 1.11 bits per heavy atom. The van der Waals surface area contributed by atoms with Crippen molar-refractivity contribution >= 4 is 40.0 Å². The molecule has 2 heterocycles. The predicted octanol–water partition coefficient (Wildman–Crippen LogP) is 4.74. The Kier molecular flexibility index (Phi) is 8.52. The number of esters is 1. The lowest BCUT2D eigenvalue weighted by Gasteiger charge is -2.10. The van der Waals surface area contributed by atoms with Crippen molar-refractivity contribution in [1.29, 1.82) is 0 Å². The van der Waals surface area contributed by atoms with Gasteiger partial charge in [-0.15, -0.1) is 21.5 Å². The number of carbonyl (C=O) groups excluding carboxylic acids is 2. The molecule has 0 bridgehead atoms. The summed E-state index contributed by atoms with van der Waals surface area (Å²) in [5, 5.41) is 12.7. The van der Waals surface area contributed by atoms with Crippen molar-refractivity contribution in [2.24, 2.45) is 7.05 Å². The van der Waals surface area contributed by atoms with Crippen LogP contribution in [0.4, 0.5) is 5.00 Å². The first-order valence-electron chi connectivity index (χ1n) is 11.8. The van der Waals surface area contributed by atoms with Crippen LogP contribution in [0.1, 0.15) is 47.0 Å². The van der Waals surface area contributed by atoms with Crippen LogP contribution in [0.25, 0.3) is 11.4 Å². The van der Waals surface area contributed by atoms with Crippen molar-refractivity contribution in [3.05, 3.63) is 34.2 Å². The molecule has 1 aromatic carbocycles. The maximum atomic E-state index is 12.9. The van der Waals surface area contributed by atoms with Crippen LogP contribution >= 0.6 is 23.1 Å². The monoisotopic (exact) mass is 530 g/mol. The first-order chi connectivity index (χ1) is 17.5. The minimum Gasteiger partial charge on any atom is -0.493 e. The van der Waals surface area contributed by atoms with Crippen LogP contribution in [0.3, 0.4) is 0 Å². The number of anilines is 1. The molecule has 2 aromatic heterocycles. The maximum absolute atomic E-state index is 12.9. The lowest BCUT2D eigenvalue weighted by molar-refractivity contribution is -0.113. The topological polar surface area (TPSA) is 105 Å². The number of hydrogen-bond acceptors (Lipinski definition) is 9. The van der Waals surface area contributed by atoms with E-state index in [1.54, 1.807) is 21.1 Å². The lowest BCUT2D eigenvalue weighted by Crippen LogP contribution is -2.17. The second-order valence-electron chi connectivity index (χ2n) is 8.26. The summed E-state index contributed by atoms with van der Waals surface area (Å²) in [6.07, 6.45) is 5.03. The number of benzene rings is 1. The van der Waals surface area contributed by atoms with E-state index in [-0.39, 0.29) is 17.6 Å². The van der Waals surface area contributed by atoms with Crippen molar-refractivity contribution in [3.8, 4) is 22.9 Å². The fourth-order valence-corrected chi connectivity index (χ4v) is 6.21. The summed E-state index contributed by atoms with van der Waals surface area (Å²) in [6, 6.07) is 5.53. The van der Waals surface area contributed by atoms with Gasteiger partial charge in [0.25, 0.3) is 0 Å². The van der Waals surface area contributed by atoms with Crippen LogP contribution in [0.2, 0.25) is 0 Å². The summed E-state index contributed by atoms with van der Waals surface area (Å²) < 4.78 is 17.8. The number of rotatable bonds is 9. The fourth-order valence-electron chi connectivity index (χ4n) is 4.21. The SMILES string of the molecule is CCOC(=O)c1c(NC(=O)CSc2nnc(-c3ccc(OC)c(OC)c3)n2C)sc2c1CCCCC2. The Balaban J connectivity index is 1.47. The summed E-state index contributed by atoms with van der Waals surface area (Å²) >= 11 is 2.77. The molecule has 1 amide bonds. The summed E-state index contributed by atoms with van der Waals surface area (Å²) in [6.45, 7) is 2.08. The fraction of sp³-hybridized carbons (Fsp3) is 0.440. The third kappa shape index (κ3) is 5.52. The van der Waals surface area contributed by atoms with Gasteiger partial charge in [0.05, 0.1) is 32.1 Å². The van der Waals surface area contributed by atoms with Gasteiger partial charge in [-0.25, -0.2) is 4.79 Å². The van der Waals surface area contributed by atoms with E-state index in [9.17, 15) is 9.59 Å². The molecule has 0 radical (unpaired) electrons. The highest BCUT2D eigenvalue weighted by Gasteiger charge is 2.27. The molecule has 0 unspecified atom stereocenters. The number of thioether (sulfide) groups is 1. The Bertz CT molecular complexity index is 1250. The van der Waals surface area contributed by atoms with E-state index in [1.165, 1.54) is 28.0 Å². The molecule has 1 N–H and O–H groups in total. The molecule has 36 heavy (non-hydrogen) atoms. The third-order valence-electron chi connectivity index (χ3n) is 5.96. The molecule has 0 saturated carbocycles. The first-order valence-corrected chi connectivity index (χ1v) is 13.6. The number of ether oxygens (including phenoxy) is 3. The number of amides is 1. The van der Waals surface area contributed by atoms with Crippen LogP contribution in [-0.2, 0) is 29.4 Å². The van der Waals surface area contributed by atoms with Gasteiger partial charge in [-0.05, 0) is 56.4 Å². The number of thiophene rings is 1. The largest absolute Gasteiger partial charge is 0.493 e. The first kappa shape index (κ1) is 26.0. The quantitative estimate of drug-likeness (QED) is 0.240. The summed E-state index contributed by atoms with van der Waals surface area (Å²) in [4.78, 5) is 26.8. The van der Waals surface area contributed by atoms with Crippen molar-refractivity contribution in [2.45, 2.75) is 44.2 Å². The number of hydrogen-bond donors (Lipinski definition) is 1. The molecule has 1 aliphatic rings. The number of carbonyl (C=O) groups is 2. The number of nitrogens with one attached hydrogen (secondary N) is 1. The highest BCUT2D eigenvalue weighted by molar-refractivity contribution is 7.99.